The normalized spacial score (nSPS) is 12.7. The Labute approximate surface area is 113 Å². The highest BCUT2D eigenvalue weighted by Gasteiger charge is 2.18. The van der Waals surface area contributed by atoms with E-state index in [0.717, 1.165) is 22.8 Å². The molecule has 2 aromatic rings. The molecule has 1 aromatic heterocycles. The molecule has 1 aromatic carbocycles. The van der Waals surface area contributed by atoms with Crippen LogP contribution >= 0.6 is 11.6 Å². The van der Waals surface area contributed by atoms with Gasteiger partial charge in [-0.25, -0.2) is 0 Å². The molecule has 1 N–H and O–H groups in total. The van der Waals surface area contributed by atoms with Crippen LogP contribution in [0.2, 0.25) is 5.02 Å². The first-order valence-corrected chi connectivity index (χ1v) is 6.48. The molecular formula is C14H18ClN3. The van der Waals surface area contributed by atoms with E-state index in [0.29, 0.717) is 0 Å². The van der Waals surface area contributed by atoms with E-state index in [1.807, 2.05) is 37.0 Å². The molecule has 0 radical (unpaired) electrons. The minimum atomic E-state index is 0.0456. The topological polar surface area (TPSA) is 29.9 Å². The van der Waals surface area contributed by atoms with Crippen LogP contribution < -0.4 is 5.32 Å². The van der Waals surface area contributed by atoms with Crippen molar-refractivity contribution in [2.75, 3.05) is 6.54 Å². The van der Waals surface area contributed by atoms with Crippen LogP contribution in [0.25, 0.3) is 0 Å². The Kier molecular flexibility index (Phi) is 4.04. The number of rotatable bonds is 4. The molecule has 3 nitrogen and oxygen atoms in total. The minimum absolute atomic E-state index is 0.0456. The average molecular weight is 264 g/mol. The van der Waals surface area contributed by atoms with E-state index in [1.165, 1.54) is 5.56 Å². The summed E-state index contributed by atoms with van der Waals surface area (Å²) in [7, 11) is 1.92. The first-order chi connectivity index (χ1) is 8.61. The molecule has 4 heteroatoms. The average Bonchev–Trinajstić information content (AvgIpc) is 2.73. The van der Waals surface area contributed by atoms with Crippen molar-refractivity contribution >= 4 is 11.6 Å². The lowest BCUT2D eigenvalue weighted by Crippen LogP contribution is -2.23. The fraction of sp³-hybridized carbons (Fsp3) is 0.357. The van der Waals surface area contributed by atoms with Crippen LogP contribution in [0.5, 0.6) is 0 Å². The van der Waals surface area contributed by atoms with Crippen molar-refractivity contribution in [1.29, 1.82) is 0 Å². The molecule has 0 bridgehead atoms. The highest BCUT2D eigenvalue weighted by atomic mass is 35.5. The quantitative estimate of drug-likeness (QED) is 0.919. The summed E-state index contributed by atoms with van der Waals surface area (Å²) in [6.45, 7) is 4.99. The summed E-state index contributed by atoms with van der Waals surface area (Å²) in [5, 5.41) is 8.68. The second-order valence-electron chi connectivity index (χ2n) is 4.43. The van der Waals surface area contributed by atoms with Crippen LogP contribution in [0.15, 0.2) is 30.5 Å². The number of nitrogens with zero attached hydrogens (tertiary/aromatic N) is 2. The van der Waals surface area contributed by atoms with Crippen LogP contribution in [-0.2, 0) is 7.05 Å². The standard InChI is InChI=1S/C14H18ClN3/c1-4-16-14(13-7-8-18(3)17-13)11-6-5-10(2)9-12(11)15/h5-9,14,16H,4H2,1-3H3. The van der Waals surface area contributed by atoms with Gasteiger partial charge in [0, 0.05) is 18.3 Å². The number of halogens is 1. The zero-order valence-electron chi connectivity index (χ0n) is 10.9. The molecule has 0 spiro atoms. The maximum Gasteiger partial charge on any atom is 0.0839 e. The van der Waals surface area contributed by atoms with E-state index in [4.69, 9.17) is 11.6 Å². The third-order valence-corrected chi connectivity index (χ3v) is 3.23. The van der Waals surface area contributed by atoms with Gasteiger partial charge in [-0.05, 0) is 36.7 Å². The van der Waals surface area contributed by atoms with Crippen molar-refractivity contribution in [3.8, 4) is 0 Å². The minimum Gasteiger partial charge on any atom is -0.305 e. The molecule has 0 saturated carbocycles. The number of hydrogen-bond acceptors (Lipinski definition) is 2. The predicted molar refractivity (Wildman–Crippen MR) is 74.9 cm³/mol. The maximum absolute atomic E-state index is 6.34. The van der Waals surface area contributed by atoms with Gasteiger partial charge < -0.3 is 5.32 Å². The second-order valence-corrected chi connectivity index (χ2v) is 4.84. The van der Waals surface area contributed by atoms with Crippen LogP contribution in [-0.4, -0.2) is 16.3 Å². The van der Waals surface area contributed by atoms with Gasteiger partial charge in [0.05, 0.1) is 11.7 Å². The number of nitrogens with one attached hydrogen (secondary N) is 1. The molecule has 1 heterocycles. The fourth-order valence-corrected chi connectivity index (χ4v) is 2.38. The monoisotopic (exact) mass is 263 g/mol. The summed E-state index contributed by atoms with van der Waals surface area (Å²) in [6, 6.07) is 8.20. The van der Waals surface area contributed by atoms with E-state index in [9.17, 15) is 0 Å². The summed E-state index contributed by atoms with van der Waals surface area (Å²) < 4.78 is 1.81. The van der Waals surface area contributed by atoms with Gasteiger partial charge in [0.2, 0.25) is 0 Å². The van der Waals surface area contributed by atoms with Crippen molar-refractivity contribution < 1.29 is 0 Å². The van der Waals surface area contributed by atoms with Gasteiger partial charge in [0.1, 0.15) is 0 Å². The van der Waals surface area contributed by atoms with Crippen LogP contribution in [0, 0.1) is 6.92 Å². The van der Waals surface area contributed by atoms with Gasteiger partial charge in [0.15, 0.2) is 0 Å². The second kappa shape index (κ2) is 5.55. The Morgan fingerprint density at radius 2 is 2.17 bits per heavy atom. The van der Waals surface area contributed by atoms with Gasteiger partial charge in [-0.3, -0.25) is 4.68 Å². The summed E-state index contributed by atoms with van der Waals surface area (Å²) in [5.74, 6) is 0. The fourth-order valence-electron chi connectivity index (χ4n) is 2.03. The number of aromatic nitrogens is 2. The first kappa shape index (κ1) is 13.1. The third kappa shape index (κ3) is 2.74. The van der Waals surface area contributed by atoms with Crippen LogP contribution in [0.4, 0.5) is 0 Å². The molecule has 0 aliphatic rings. The zero-order chi connectivity index (χ0) is 13.1. The van der Waals surface area contributed by atoms with Crippen LogP contribution in [0.3, 0.4) is 0 Å². The van der Waals surface area contributed by atoms with Gasteiger partial charge in [0.25, 0.3) is 0 Å². The van der Waals surface area contributed by atoms with E-state index >= 15 is 0 Å². The Hall–Kier alpha value is -1.32. The zero-order valence-corrected chi connectivity index (χ0v) is 11.7. The maximum atomic E-state index is 6.34. The van der Waals surface area contributed by atoms with E-state index in [-0.39, 0.29) is 6.04 Å². The van der Waals surface area contributed by atoms with Crippen molar-refractivity contribution in [3.05, 3.63) is 52.3 Å². The molecule has 2 rings (SSSR count). The number of aryl methyl sites for hydroxylation is 2. The Bertz CT molecular complexity index is 534. The number of benzene rings is 1. The van der Waals surface area contributed by atoms with Gasteiger partial charge in [-0.1, -0.05) is 30.7 Å². The SMILES string of the molecule is CCNC(c1ccn(C)n1)c1ccc(C)cc1Cl. The predicted octanol–water partition coefficient (Wildman–Crippen LogP) is 3.08. The lowest BCUT2D eigenvalue weighted by molar-refractivity contribution is 0.600. The van der Waals surface area contributed by atoms with Crippen molar-refractivity contribution in [2.24, 2.45) is 7.05 Å². The summed E-state index contributed by atoms with van der Waals surface area (Å²) in [5.41, 5.74) is 3.23. The number of hydrogen-bond donors (Lipinski definition) is 1. The van der Waals surface area contributed by atoms with E-state index < -0.39 is 0 Å². The summed E-state index contributed by atoms with van der Waals surface area (Å²) in [6.07, 6.45) is 1.95. The summed E-state index contributed by atoms with van der Waals surface area (Å²) >= 11 is 6.34. The Morgan fingerprint density at radius 3 is 2.72 bits per heavy atom. The third-order valence-electron chi connectivity index (χ3n) is 2.91. The van der Waals surface area contributed by atoms with E-state index in [2.05, 4.69) is 29.5 Å². The molecule has 1 atom stereocenters. The smallest absolute Gasteiger partial charge is 0.0839 e. The molecule has 1 unspecified atom stereocenters. The van der Waals surface area contributed by atoms with Crippen molar-refractivity contribution in [3.63, 3.8) is 0 Å². The van der Waals surface area contributed by atoms with Crippen LogP contribution in [0.1, 0.15) is 29.8 Å². The van der Waals surface area contributed by atoms with Crippen molar-refractivity contribution in [2.45, 2.75) is 19.9 Å². The molecule has 18 heavy (non-hydrogen) atoms. The molecule has 0 fully saturated rings. The molecule has 0 amide bonds. The lowest BCUT2D eigenvalue weighted by Gasteiger charge is -2.18. The molecule has 96 valence electrons. The Balaban J connectivity index is 2.41. The Morgan fingerprint density at radius 1 is 1.39 bits per heavy atom. The molecular weight excluding hydrogens is 246 g/mol. The van der Waals surface area contributed by atoms with Gasteiger partial charge >= 0.3 is 0 Å². The highest BCUT2D eigenvalue weighted by molar-refractivity contribution is 6.31. The largest absolute Gasteiger partial charge is 0.305 e. The van der Waals surface area contributed by atoms with E-state index in [1.54, 1.807) is 0 Å². The van der Waals surface area contributed by atoms with Gasteiger partial charge in [-0.2, -0.15) is 5.10 Å². The molecule has 0 aliphatic heterocycles. The van der Waals surface area contributed by atoms with Crippen molar-refractivity contribution in [1.82, 2.24) is 15.1 Å². The molecule has 0 saturated heterocycles. The highest BCUT2D eigenvalue weighted by Crippen LogP contribution is 2.28. The summed E-state index contributed by atoms with van der Waals surface area (Å²) in [4.78, 5) is 0. The lowest BCUT2D eigenvalue weighted by atomic mass is 10.0. The first-order valence-electron chi connectivity index (χ1n) is 6.10. The molecule has 0 aliphatic carbocycles. The van der Waals surface area contributed by atoms with Gasteiger partial charge in [-0.15, -0.1) is 0 Å².